The molecule has 0 aliphatic heterocycles. The first kappa shape index (κ1) is 11.8. The van der Waals surface area contributed by atoms with Crippen LogP contribution in [-0.4, -0.2) is 13.7 Å². The van der Waals surface area contributed by atoms with Crippen LogP contribution in [0.5, 0.6) is 0 Å². The number of hydrogen-bond donors (Lipinski definition) is 0. The number of nitriles is 1. The summed E-state index contributed by atoms with van der Waals surface area (Å²) in [6.07, 6.45) is 0. The Morgan fingerprint density at radius 1 is 1.58 bits per heavy atom. The van der Waals surface area contributed by atoms with Crippen LogP contribution in [0, 0.1) is 11.3 Å². The fraction of sp³-hybridized carbons (Fsp3) is 0. The first-order chi connectivity index (χ1) is 5.24. The van der Waals surface area contributed by atoms with E-state index in [0.717, 1.165) is 0 Å². The van der Waals surface area contributed by atoms with Gasteiger partial charge in [0.15, 0.2) is 0 Å². The van der Waals surface area contributed by atoms with E-state index in [0.29, 0.717) is 0 Å². The molecule has 56 valence electrons. The summed E-state index contributed by atoms with van der Waals surface area (Å²) in [5, 5.41) is 8.22. The molecule has 0 fully saturated rings. The minimum atomic E-state index is -2.35. The number of nitrogens with zero attached hydrogens (tertiary/aromatic N) is 2. The molecule has 1 rings (SSSR count). The first-order valence-corrected chi connectivity index (χ1v) is 3.78. The molecule has 0 saturated carbocycles. The molecule has 6 heteroatoms. The molecule has 0 bridgehead atoms. The van der Waals surface area contributed by atoms with Gasteiger partial charge in [0, 0.05) is 0 Å². The van der Waals surface area contributed by atoms with Crippen molar-refractivity contribution >= 4 is 11.1 Å². The molecule has 0 amide bonds. The summed E-state index contributed by atoms with van der Waals surface area (Å²) in [6, 6.07) is 5.97. The predicted molar refractivity (Wildman–Crippen MR) is 36.1 cm³/mol. The summed E-state index contributed by atoms with van der Waals surface area (Å²) in [6.45, 7) is 0. The van der Waals surface area contributed by atoms with E-state index < -0.39 is 11.1 Å². The van der Waals surface area contributed by atoms with E-state index in [-0.39, 0.29) is 40.3 Å². The van der Waals surface area contributed by atoms with Crippen LogP contribution in [0.3, 0.4) is 0 Å². The van der Waals surface area contributed by atoms with Crippen molar-refractivity contribution in [2.75, 3.05) is 0 Å². The van der Waals surface area contributed by atoms with Crippen LogP contribution in [0.2, 0.25) is 0 Å². The Hall–Kier alpha value is -0.250. The van der Waals surface area contributed by atoms with E-state index in [1.807, 2.05) is 0 Å². The van der Waals surface area contributed by atoms with Gasteiger partial charge in [-0.25, -0.2) is 4.98 Å². The molecule has 1 unspecified atom stereocenters. The van der Waals surface area contributed by atoms with Crippen molar-refractivity contribution in [2.24, 2.45) is 0 Å². The van der Waals surface area contributed by atoms with Crippen molar-refractivity contribution in [2.45, 2.75) is 5.03 Å². The number of rotatable bonds is 1. The maximum Gasteiger partial charge on any atom is 1.00 e. The van der Waals surface area contributed by atoms with E-state index in [1.165, 1.54) is 18.2 Å². The fourth-order valence-corrected chi connectivity index (χ4v) is 0.932. The van der Waals surface area contributed by atoms with Gasteiger partial charge in [0.1, 0.15) is 16.8 Å². The molecular weight excluding hydrogens is 187 g/mol. The van der Waals surface area contributed by atoms with Crippen molar-refractivity contribution in [3.63, 3.8) is 0 Å². The Bertz CT molecular complexity index is 337. The SMILES string of the molecule is N#Cc1cccc(S(=O)[O-])n1.[Na+]. The third-order valence-electron chi connectivity index (χ3n) is 1.01. The zero-order valence-corrected chi connectivity index (χ0v) is 9.17. The maximum atomic E-state index is 10.3. The fourth-order valence-electron chi connectivity index (χ4n) is 0.570. The quantitative estimate of drug-likeness (QED) is 0.354. The summed E-state index contributed by atoms with van der Waals surface area (Å²) in [4.78, 5) is 3.52. The van der Waals surface area contributed by atoms with Crippen LogP contribution in [0.25, 0.3) is 0 Å². The molecule has 1 aromatic heterocycles. The van der Waals surface area contributed by atoms with Crippen LogP contribution in [-0.2, 0) is 11.1 Å². The smallest absolute Gasteiger partial charge is 0.767 e. The molecule has 0 aliphatic rings. The minimum Gasteiger partial charge on any atom is -0.767 e. The molecule has 0 aromatic carbocycles. The third kappa shape index (κ3) is 3.01. The van der Waals surface area contributed by atoms with Gasteiger partial charge in [-0.2, -0.15) is 5.26 Å². The molecule has 1 aromatic rings. The van der Waals surface area contributed by atoms with Crippen molar-refractivity contribution in [1.29, 1.82) is 5.26 Å². The topological polar surface area (TPSA) is 76.8 Å². The summed E-state index contributed by atoms with van der Waals surface area (Å²) >= 11 is -2.35. The van der Waals surface area contributed by atoms with E-state index in [4.69, 9.17) is 5.26 Å². The Morgan fingerprint density at radius 3 is 2.75 bits per heavy atom. The monoisotopic (exact) mass is 190 g/mol. The van der Waals surface area contributed by atoms with Crippen LogP contribution in [0.4, 0.5) is 0 Å². The number of aromatic nitrogens is 1. The Kier molecular flexibility index (Phi) is 5.29. The minimum absolute atomic E-state index is 0. The first-order valence-electron chi connectivity index (χ1n) is 2.70. The van der Waals surface area contributed by atoms with Gasteiger partial charge >= 0.3 is 29.6 Å². The molecule has 12 heavy (non-hydrogen) atoms. The molecule has 1 heterocycles. The Morgan fingerprint density at radius 2 is 2.25 bits per heavy atom. The van der Waals surface area contributed by atoms with Gasteiger partial charge in [-0.1, -0.05) is 6.07 Å². The average Bonchev–Trinajstić information content (AvgIpc) is 2.05. The number of pyridine rings is 1. The van der Waals surface area contributed by atoms with E-state index in [2.05, 4.69) is 4.98 Å². The van der Waals surface area contributed by atoms with Crippen molar-refractivity contribution in [3.05, 3.63) is 23.9 Å². The van der Waals surface area contributed by atoms with E-state index in [1.54, 1.807) is 6.07 Å². The summed E-state index contributed by atoms with van der Waals surface area (Å²) in [5.74, 6) is 0. The van der Waals surface area contributed by atoms with Crippen LogP contribution in [0.15, 0.2) is 23.2 Å². The van der Waals surface area contributed by atoms with Gasteiger partial charge in [-0.15, -0.1) is 0 Å². The Labute approximate surface area is 94.2 Å². The summed E-state index contributed by atoms with van der Waals surface area (Å²) in [7, 11) is 0. The van der Waals surface area contributed by atoms with Gasteiger partial charge in [0.05, 0.1) is 0 Å². The van der Waals surface area contributed by atoms with E-state index >= 15 is 0 Å². The second-order valence-electron chi connectivity index (χ2n) is 1.71. The van der Waals surface area contributed by atoms with Crippen molar-refractivity contribution < 1.29 is 38.3 Å². The molecule has 0 saturated heterocycles. The molecule has 0 N–H and O–H groups in total. The standard InChI is InChI=1S/C6H4N2O2S.Na/c7-4-5-2-1-3-6(8-5)11(9)10;/h1-3H,(H,9,10);/q;+1/p-1. The van der Waals surface area contributed by atoms with Crippen LogP contribution >= 0.6 is 0 Å². The molecule has 1 atom stereocenters. The van der Waals surface area contributed by atoms with Crippen molar-refractivity contribution in [3.8, 4) is 6.07 Å². The molecule has 0 spiro atoms. The van der Waals surface area contributed by atoms with E-state index in [9.17, 15) is 8.76 Å². The average molecular weight is 190 g/mol. The van der Waals surface area contributed by atoms with Gasteiger partial charge in [0.25, 0.3) is 0 Å². The number of hydrogen-bond acceptors (Lipinski definition) is 4. The van der Waals surface area contributed by atoms with Gasteiger partial charge in [0.2, 0.25) is 0 Å². The van der Waals surface area contributed by atoms with Gasteiger partial charge in [-0.3, -0.25) is 4.21 Å². The maximum absolute atomic E-state index is 10.3. The zero-order chi connectivity index (χ0) is 8.27. The zero-order valence-electron chi connectivity index (χ0n) is 6.35. The normalized spacial score (nSPS) is 11.0. The molecule has 0 aliphatic carbocycles. The molecule has 4 nitrogen and oxygen atoms in total. The second-order valence-corrected chi connectivity index (χ2v) is 2.60. The van der Waals surface area contributed by atoms with Gasteiger partial charge < -0.3 is 4.55 Å². The summed E-state index contributed by atoms with van der Waals surface area (Å²) < 4.78 is 20.6. The van der Waals surface area contributed by atoms with Gasteiger partial charge in [-0.05, 0) is 23.2 Å². The van der Waals surface area contributed by atoms with Crippen molar-refractivity contribution in [1.82, 2.24) is 4.98 Å². The third-order valence-corrected chi connectivity index (χ3v) is 1.58. The molecule has 0 radical (unpaired) electrons. The Balaban J connectivity index is 0.00000121. The van der Waals surface area contributed by atoms with Crippen LogP contribution in [0.1, 0.15) is 5.69 Å². The molecular formula is C6H3N2NaO2S. The largest absolute Gasteiger partial charge is 1.00 e. The predicted octanol–water partition coefficient (Wildman–Crippen LogP) is -2.80. The van der Waals surface area contributed by atoms with Crippen LogP contribution < -0.4 is 29.6 Å². The summed E-state index contributed by atoms with van der Waals surface area (Å²) in [5.41, 5.74) is 0.103. The second kappa shape index (κ2) is 5.41.